The topological polar surface area (TPSA) is 70.4 Å². The lowest BCUT2D eigenvalue weighted by atomic mass is 10.2. The predicted octanol–water partition coefficient (Wildman–Crippen LogP) is 3.48. The van der Waals surface area contributed by atoms with Gasteiger partial charge in [0.05, 0.1) is 16.8 Å². The number of hydrogen-bond donors (Lipinski definition) is 2. The van der Waals surface area contributed by atoms with Crippen LogP contribution in [0.2, 0.25) is 5.02 Å². The third-order valence-electron chi connectivity index (χ3n) is 4.75. The maximum absolute atomic E-state index is 12.8. The number of nitrogens with zero attached hydrogens (tertiary/aromatic N) is 5. The van der Waals surface area contributed by atoms with Gasteiger partial charge < -0.3 is 15.5 Å². The summed E-state index contributed by atoms with van der Waals surface area (Å²) in [4.78, 5) is 10.5. The van der Waals surface area contributed by atoms with Crippen LogP contribution in [-0.4, -0.2) is 52.9 Å². The first kappa shape index (κ1) is 25.5. The van der Waals surface area contributed by atoms with Crippen LogP contribution in [0.1, 0.15) is 24.5 Å². The van der Waals surface area contributed by atoms with E-state index in [0.717, 1.165) is 37.2 Å². The predicted molar refractivity (Wildman–Crippen MR) is 126 cm³/mol. The molecule has 0 saturated carbocycles. The van der Waals surface area contributed by atoms with Crippen molar-refractivity contribution in [2.75, 3.05) is 31.1 Å². The van der Waals surface area contributed by atoms with E-state index in [1.807, 2.05) is 31.3 Å². The fourth-order valence-corrected chi connectivity index (χ4v) is 3.59. The fourth-order valence-electron chi connectivity index (χ4n) is 3.30. The van der Waals surface area contributed by atoms with E-state index in [0.29, 0.717) is 31.4 Å². The number of hydrogen-bond acceptors (Lipinski definition) is 4. The summed E-state index contributed by atoms with van der Waals surface area (Å²) in [7, 11) is 1.88. The molecule has 0 aliphatic carbocycles. The molecule has 2 aromatic rings. The minimum atomic E-state index is -4.46. The number of pyridine rings is 1. The minimum absolute atomic E-state index is 0. The first-order valence-corrected chi connectivity index (χ1v) is 10.1. The molecule has 1 unspecified atom stereocenters. The highest BCUT2D eigenvalue weighted by molar-refractivity contribution is 14.0. The summed E-state index contributed by atoms with van der Waals surface area (Å²) in [6.45, 7) is 4.55. The molecule has 3 heterocycles. The van der Waals surface area contributed by atoms with E-state index in [9.17, 15) is 13.2 Å². The zero-order chi connectivity index (χ0) is 21.7. The van der Waals surface area contributed by atoms with Gasteiger partial charge in [0.15, 0.2) is 5.96 Å². The third kappa shape index (κ3) is 7.13. The van der Waals surface area contributed by atoms with Gasteiger partial charge in [0.1, 0.15) is 5.82 Å². The van der Waals surface area contributed by atoms with Crippen LogP contribution in [0.4, 0.5) is 19.0 Å². The number of halogens is 5. The molecule has 7 nitrogen and oxygen atoms in total. The average molecular weight is 572 g/mol. The summed E-state index contributed by atoms with van der Waals surface area (Å²) in [5.41, 5.74) is 0.271. The highest BCUT2D eigenvalue weighted by Crippen LogP contribution is 2.34. The number of aryl methyl sites for hydroxylation is 1. The molecular weight excluding hydrogens is 546 g/mol. The fraction of sp³-hybridized carbons (Fsp3) is 0.526. The van der Waals surface area contributed by atoms with Crippen molar-refractivity contribution in [2.24, 2.45) is 12.0 Å². The number of alkyl halides is 3. The van der Waals surface area contributed by atoms with Gasteiger partial charge in [0.2, 0.25) is 0 Å². The molecule has 3 rings (SSSR count). The van der Waals surface area contributed by atoms with Crippen molar-refractivity contribution in [3.05, 3.63) is 40.8 Å². The monoisotopic (exact) mass is 571 g/mol. The molecule has 2 aromatic heterocycles. The first-order chi connectivity index (χ1) is 14.3. The van der Waals surface area contributed by atoms with Crippen LogP contribution >= 0.6 is 35.6 Å². The lowest BCUT2D eigenvalue weighted by Crippen LogP contribution is -2.44. The van der Waals surface area contributed by atoms with Crippen LogP contribution < -0.4 is 15.5 Å². The number of guanidine groups is 1. The number of aliphatic imine (C=N–C) groups is 1. The maximum Gasteiger partial charge on any atom is 0.417 e. The number of aromatic nitrogens is 3. The van der Waals surface area contributed by atoms with Crippen molar-refractivity contribution >= 4 is 47.4 Å². The molecule has 172 valence electrons. The van der Waals surface area contributed by atoms with Gasteiger partial charge >= 0.3 is 6.18 Å². The Morgan fingerprint density at radius 3 is 2.74 bits per heavy atom. The molecule has 1 saturated heterocycles. The molecule has 0 spiro atoms. The summed E-state index contributed by atoms with van der Waals surface area (Å²) in [5, 5.41) is 10.8. The van der Waals surface area contributed by atoms with E-state index >= 15 is 0 Å². The molecule has 1 aliphatic rings. The molecule has 0 radical (unpaired) electrons. The summed E-state index contributed by atoms with van der Waals surface area (Å²) < 4.78 is 40.2. The van der Waals surface area contributed by atoms with E-state index < -0.39 is 11.7 Å². The van der Waals surface area contributed by atoms with Crippen molar-refractivity contribution < 1.29 is 13.2 Å². The smallest absolute Gasteiger partial charge is 0.357 e. The number of anilines is 1. The van der Waals surface area contributed by atoms with E-state index in [2.05, 4.69) is 25.7 Å². The van der Waals surface area contributed by atoms with Crippen LogP contribution in [0.15, 0.2) is 29.6 Å². The number of rotatable bonds is 6. The normalized spacial score (nSPS) is 16.9. The molecule has 1 atom stereocenters. The molecule has 0 aromatic carbocycles. The average Bonchev–Trinajstić information content (AvgIpc) is 3.30. The molecule has 2 N–H and O–H groups in total. The zero-order valence-corrected chi connectivity index (χ0v) is 20.4. The highest BCUT2D eigenvalue weighted by Gasteiger charge is 2.33. The Morgan fingerprint density at radius 2 is 2.13 bits per heavy atom. The minimum Gasteiger partial charge on any atom is -0.357 e. The Bertz CT molecular complexity index is 888. The Hall–Kier alpha value is -1.76. The van der Waals surface area contributed by atoms with Crippen molar-refractivity contribution in [2.45, 2.75) is 32.0 Å². The highest BCUT2D eigenvalue weighted by atomic mass is 127. The van der Waals surface area contributed by atoms with Crippen LogP contribution in [0.25, 0.3) is 0 Å². The van der Waals surface area contributed by atoms with Gasteiger partial charge in [0, 0.05) is 51.7 Å². The standard InChI is InChI=1S/C19H25ClF3N7.HI/c1-3-24-18(25-6-4-13-9-27-29(2)11-13)28-15-5-7-30(12-15)17-16(20)8-14(10-26-17)19(21,22)23;/h8-11,15H,3-7,12H2,1-2H3,(H2,24,25,28);1H. The Morgan fingerprint density at radius 1 is 1.35 bits per heavy atom. The van der Waals surface area contributed by atoms with Crippen molar-refractivity contribution in [1.29, 1.82) is 0 Å². The van der Waals surface area contributed by atoms with E-state index in [-0.39, 0.29) is 35.0 Å². The third-order valence-corrected chi connectivity index (χ3v) is 5.03. The summed E-state index contributed by atoms with van der Waals surface area (Å²) >= 11 is 6.08. The Labute approximate surface area is 201 Å². The van der Waals surface area contributed by atoms with Crippen molar-refractivity contribution in [3.8, 4) is 0 Å². The summed E-state index contributed by atoms with van der Waals surface area (Å²) in [5.74, 6) is 1.08. The first-order valence-electron chi connectivity index (χ1n) is 9.76. The molecule has 0 bridgehead atoms. The molecule has 1 fully saturated rings. The molecule has 1 aliphatic heterocycles. The Kier molecular flexibility index (Phi) is 9.22. The van der Waals surface area contributed by atoms with Crippen molar-refractivity contribution in [1.82, 2.24) is 25.4 Å². The second-order valence-electron chi connectivity index (χ2n) is 7.14. The van der Waals surface area contributed by atoms with Crippen LogP contribution in [0.3, 0.4) is 0 Å². The van der Waals surface area contributed by atoms with Crippen molar-refractivity contribution in [3.63, 3.8) is 0 Å². The molecule has 12 heteroatoms. The maximum atomic E-state index is 12.8. The van der Waals surface area contributed by atoms with Gasteiger partial charge in [-0.2, -0.15) is 18.3 Å². The van der Waals surface area contributed by atoms with Crippen LogP contribution in [-0.2, 0) is 19.6 Å². The molecule has 31 heavy (non-hydrogen) atoms. The van der Waals surface area contributed by atoms with Gasteiger partial charge in [0.25, 0.3) is 0 Å². The lowest BCUT2D eigenvalue weighted by Gasteiger charge is -2.21. The largest absolute Gasteiger partial charge is 0.417 e. The summed E-state index contributed by atoms with van der Waals surface area (Å²) in [6, 6.07) is 1.01. The number of nitrogens with one attached hydrogen (secondary N) is 2. The van der Waals surface area contributed by atoms with Gasteiger partial charge in [-0.05, 0) is 31.4 Å². The Balaban J connectivity index is 0.00000341. The van der Waals surface area contributed by atoms with E-state index in [1.54, 1.807) is 4.68 Å². The molecular formula is C19H26ClF3IN7. The van der Waals surface area contributed by atoms with Crippen LogP contribution in [0, 0.1) is 0 Å². The van der Waals surface area contributed by atoms with Gasteiger partial charge in [-0.15, -0.1) is 24.0 Å². The van der Waals surface area contributed by atoms with Gasteiger partial charge in [-0.25, -0.2) is 4.98 Å². The van der Waals surface area contributed by atoms with Gasteiger partial charge in [-0.1, -0.05) is 11.6 Å². The second-order valence-corrected chi connectivity index (χ2v) is 7.54. The van der Waals surface area contributed by atoms with Gasteiger partial charge in [-0.3, -0.25) is 9.67 Å². The SMILES string of the molecule is CCNC(=NCCc1cnn(C)c1)NC1CCN(c2ncc(C(F)(F)F)cc2Cl)C1.I. The van der Waals surface area contributed by atoms with Crippen LogP contribution in [0.5, 0.6) is 0 Å². The zero-order valence-electron chi connectivity index (χ0n) is 17.3. The molecule has 0 amide bonds. The van der Waals surface area contributed by atoms with E-state index in [1.165, 1.54) is 0 Å². The van der Waals surface area contributed by atoms with E-state index in [4.69, 9.17) is 11.6 Å². The second kappa shape index (κ2) is 11.2. The lowest BCUT2D eigenvalue weighted by molar-refractivity contribution is -0.137. The quantitative estimate of drug-likeness (QED) is 0.316. The summed E-state index contributed by atoms with van der Waals surface area (Å²) in [6.07, 6.45) is 1.73.